The van der Waals surface area contributed by atoms with Gasteiger partial charge < -0.3 is 15.7 Å². The molecule has 3 aromatic rings. The van der Waals surface area contributed by atoms with Gasteiger partial charge in [-0.25, -0.2) is 9.48 Å². The van der Waals surface area contributed by atoms with E-state index in [1.165, 1.54) is 0 Å². The summed E-state index contributed by atoms with van der Waals surface area (Å²) in [6, 6.07) is 14.4. The first-order chi connectivity index (χ1) is 11.7. The van der Waals surface area contributed by atoms with Gasteiger partial charge in [0, 0.05) is 11.4 Å². The molecule has 0 saturated carbocycles. The highest BCUT2D eigenvalue weighted by atomic mass is 16.3. The van der Waals surface area contributed by atoms with Crippen molar-refractivity contribution in [3.63, 3.8) is 0 Å². The number of hydrogen-bond donors (Lipinski definition) is 3. The number of carbonyl (C=O) groups is 1. The first-order valence-electron chi connectivity index (χ1n) is 7.42. The van der Waals surface area contributed by atoms with Gasteiger partial charge in [-0.15, -0.1) is 5.10 Å². The van der Waals surface area contributed by atoms with Crippen molar-refractivity contribution >= 4 is 17.4 Å². The molecule has 3 N–H and O–H groups in total. The lowest BCUT2D eigenvalue weighted by Crippen LogP contribution is -2.19. The lowest BCUT2D eigenvalue weighted by Gasteiger charge is -2.10. The molecule has 3 rings (SSSR count). The summed E-state index contributed by atoms with van der Waals surface area (Å²) in [6.45, 7) is 1.78. The van der Waals surface area contributed by atoms with Gasteiger partial charge in [-0.05, 0) is 42.8 Å². The number of benzene rings is 2. The molecule has 0 radical (unpaired) electrons. The fourth-order valence-electron chi connectivity index (χ4n) is 2.19. The Morgan fingerprint density at radius 2 is 1.88 bits per heavy atom. The van der Waals surface area contributed by atoms with E-state index in [1.807, 2.05) is 31.2 Å². The molecule has 0 saturated heterocycles. The number of aliphatic hydroxyl groups excluding tert-OH is 1. The van der Waals surface area contributed by atoms with Crippen molar-refractivity contribution in [3.05, 3.63) is 66.0 Å². The second-order valence-electron chi connectivity index (χ2n) is 5.25. The van der Waals surface area contributed by atoms with Crippen LogP contribution < -0.4 is 10.6 Å². The third-order valence-corrected chi connectivity index (χ3v) is 3.49. The number of rotatable bonds is 4. The predicted octanol–water partition coefficient (Wildman–Crippen LogP) is 2.71. The van der Waals surface area contributed by atoms with Crippen molar-refractivity contribution in [2.75, 3.05) is 10.6 Å². The Labute approximate surface area is 138 Å². The van der Waals surface area contributed by atoms with Crippen LogP contribution in [-0.2, 0) is 6.61 Å². The number of aryl methyl sites for hydroxylation is 1. The first-order valence-corrected chi connectivity index (χ1v) is 7.42. The Balaban J connectivity index is 1.65. The topological polar surface area (TPSA) is 92.1 Å². The third-order valence-electron chi connectivity index (χ3n) is 3.49. The summed E-state index contributed by atoms with van der Waals surface area (Å²) in [6.07, 6.45) is 1.65. The maximum atomic E-state index is 12.1. The summed E-state index contributed by atoms with van der Waals surface area (Å²) >= 11 is 0. The van der Waals surface area contributed by atoms with E-state index in [0.29, 0.717) is 11.4 Å². The van der Waals surface area contributed by atoms with E-state index in [2.05, 4.69) is 20.9 Å². The molecule has 2 amide bonds. The Morgan fingerprint density at radius 1 is 1.12 bits per heavy atom. The number of urea groups is 1. The van der Waals surface area contributed by atoms with Crippen LogP contribution in [0.15, 0.2) is 54.7 Å². The number of nitrogens with zero attached hydrogens (tertiary/aromatic N) is 3. The zero-order valence-electron chi connectivity index (χ0n) is 13.1. The highest BCUT2D eigenvalue weighted by Crippen LogP contribution is 2.16. The summed E-state index contributed by atoms with van der Waals surface area (Å²) in [4.78, 5) is 12.1. The van der Waals surface area contributed by atoms with Gasteiger partial charge in [0.1, 0.15) is 5.69 Å². The molecule has 0 bridgehead atoms. The van der Waals surface area contributed by atoms with Crippen molar-refractivity contribution < 1.29 is 9.90 Å². The second kappa shape index (κ2) is 6.93. The first kappa shape index (κ1) is 15.7. The molecule has 0 aliphatic heterocycles. The molecule has 2 aromatic carbocycles. The standard InChI is InChI=1S/C17H17N5O2/c1-12-4-2-3-5-16(12)19-17(24)18-13-6-8-15(9-7-13)22-10-14(11-23)20-21-22/h2-10,23H,11H2,1H3,(H2,18,19,24). The highest BCUT2D eigenvalue weighted by molar-refractivity contribution is 6.00. The minimum atomic E-state index is -0.305. The number of aromatic nitrogens is 3. The van der Waals surface area contributed by atoms with Crippen LogP contribution in [0.4, 0.5) is 16.2 Å². The average molecular weight is 323 g/mol. The van der Waals surface area contributed by atoms with Crippen LogP contribution in [0.25, 0.3) is 5.69 Å². The number of para-hydroxylation sites is 1. The molecule has 0 aliphatic carbocycles. The van der Waals surface area contributed by atoms with E-state index in [9.17, 15) is 4.79 Å². The van der Waals surface area contributed by atoms with Crippen LogP contribution in [0.3, 0.4) is 0 Å². The summed E-state index contributed by atoms with van der Waals surface area (Å²) in [5.41, 5.74) is 3.70. The number of carbonyl (C=O) groups excluding carboxylic acids is 1. The van der Waals surface area contributed by atoms with Crippen molar-refractivity contribution in [1.82, 2.24) is 15.0 Å². The van der Waals surface area contributed by atoms with Crippen molar-refractivity contribution in [2.45, 2.75) is 13.5 Å². The molecule has 1 aromatic heterocycles. The van der Waals surface area contributed by atoms with Crippen LogP contribution in [0, 0.1) is 6.92 Å². The zero-order chi connectivity index (χ0) is 16.9. The molecule has 24 heavy (non-hydrogen) atoms. The number of aliphatic hydroxyl groups is 1. The molecule has 0 spiro atoms. The molecular formula is C17H17N5O2. The van der Waals surface area contributed by atoms with E-state index < -0.39 is 0 Å². The van der Waals surface area contributed by atoms with Crippen LogP contribution in [-0.4, -0.2) is 26.1 Å². The molecule has 7 heteroatoms. The summed E-state index contributed by atoms with van der Waals surface area (Å²) in [7, 11) is 0. The smallest absolute Gasteiger partial charge is 0.323 e. The third kappa shape index (κ3) is 3.58. The van der Waals surface area contributed by atoms with Gasteiger partial charge in [0.05, 0.1) is 18.5 Å². The number of hydrogen-bond acceptors (Lipinski definition) is 4. The number of anilines is 2. The molecule has 0 aliphatic rings. The van der Waals surface area contributed by atoms with Gasteiger partial charge >= 0.3 is 6.03 Å². The van der Waals surface area contributed by atoms with Crippen LogP contribution in [0.1, 0.15) is 11.3 Å². The van der Waals surface area contributed by atoms with Crippen LogP contribution >= 0.6 is 0 Å². The van der Waals surface area contributed by atoms with Gasteiger partial charge in [0.25, 0.3) is 0 Å². The van der Waals surface area contributed by atoms with Crippen molar-refractivity contribution in [1.29, 1.82) is 0 Å². The second-order valence-corrected chi connectivity index (χ2v) is 5.25. The van der Waals surface area contributed by atoms with Crippen molar-refractivity contribution in [3.8, 4) is 5.69 Å². The average Bonchev–Trinajstić information content (AvgIpc) is 3.07. The summed E-state index contributed by atoms with van der Waals surface area (Å²) in [5, 5.41) is 22.3. The van der Waals surface area contributed by atoms with E-state index in [1.54, 1.807) is 35.1 Å². The minimum absolute atomic E-state index is 0.154. The normalized spacial score (nSPS) is 10.4. The molecule has 122 valence electrons. The van der Waals surface area contributed by atoms with Gasteiger partial charge in [-0.3, -0.25) is 0 Å². The lowest BCUT2D eigenvalue weighted by molar-refractivity contribution is 0.262. The Kier molecular flexibility index (Phi) is 4.53. The molecule has 1 heterocycles. The maximum Gasteiger partial charge on any atom is 0.323 e. The molecular weight excluding hydrogens is 306 g/mol. The quantitative estimate of drug-likeness (QED) is 0.688. The van der Waals surface area contributed by atoms with Crippen LogP contribution in [0.5, 0.6) is 0 Å². The molecule has 7 nitrogen and oxygen atoms in total. The van der Waals surface area contributed by atoms with E-state index >= 15 is 0 Å². The van der Waals surface area contributed by atoms with Gasteiger partial charge in [-0.2, -0.15) is 0 Å². The number of nitrogens with one attached hydrogen (secondary N) is 2. The maximum absolute atomic E-state index is 12.1. The van der Waals surface area contributed by atoms with E-state index in [-0.39, 0.29) is 12.6 Å². The fourth-order valence-corrected chi connectivity index (χ4v) is 2.19. The van der Waals surface area contributed by atoms with Crippen molar-refractivity contribution in [2.24, 2.45) is 0 Å². The van der Waals surface area contributed by atoms with E-state index in [0.717, 1.165) is 16.9 Å². The Morgan fingerprint density at radius 3 is 2.54 bits per heavy atom. The fraction of sp³-hybridized carbons (Fsp3) is 0.118. The zero-order valence-corrected chi connectivity index (χ0v) is 13.1. The van der Waals surface area contributed by atoms with E-state index in [4.69, 9.17) is 5.11 Å². The Hall–Kier alpha value is -3.19. The molecule has 0 atom stereocenters. The predicted molar refractivity (Wildman–Crippen MR) is 91.1 cm³/mol. The SMILES string of the molecule is Cc1ccccc1NC(=O)Nc1ccc(-n2cc(CO)nn2)cc1. The van der Waals surface area contributed by atoms with Crippen LogP contribution in [0.2, 0.25) is 0 Å². The lowest BCUT2D eigenvalue weighted by atomic mass is 10.2. The van der Waals surface area contributed by atoms with Gasteiger partial charge in [-0.1, -0.05) is 23.4 Å². The largest absolute Gasteiger partial charge is 0.390 e. The highest BCUT2D eigenvalue weighted by Gasteiger charge is 2.06. The Bertz CT molecular complexity index is 842. The molecule has 0 unspecified atom stereocenters. The molecule has 0 fully saturated rings. The number of amides is 2. The van der Waals surface area contributed by atoms with Gasteiger partial charge in [0.2, 0.25) is 0 Å². The summed E-state index contributed by atoms with van der Waals surface area (Å²) < 4.78 is 1.56. The minimum Gasteiger partial charge on any atom is -0.390 e. The monoisotopic (exact) mass is 323 g/mol. The van der Waals surface area contributed by atoms with Gasteiger partial charge in [0.15, 0.2) is 0 Å². The summed E-state index contributed by atoms with van der Waals surface area (Å²) in [5.74, 6) is 0.